The van der Waals surface area contributed by atoms with Gasteiger partial charge >= 0.3 is 0 Å². The predicted octanol–water partition coefficient (Wildman–Crippen LogP) is 1.87. The minimum atomic E-state index is -0.392. The van der Waals surface area contributed by atoms with Crippen LogP contribution in [0.15, 0.2) is 18.2 Å². The van der Waals surface area contributed by atoms with E-state index in [2.05, 4.69) is 5.32 Å². The topological polar surface area (TPSA) is 73.9 Å². The van der Waals surface area contributed by atoms with Gasteiger partial charge in [-0.15, -0.1) is 0 Å². The molecule has 124 valence electrons. The van der Waals surface area contributed by atoms with Gasteiger partial charge in [0.15, 0.2) is 11.5 Å². The molecule has 2 rings (SSSR count). The van der Waals surface area contributed by atoms with Gasteiger partial charge in [0.2, 0.25) is 16.8 Å². The zero-order valence-corrected chi connectivity index (χ0v) is 14.1. The number of methoxy groups -OCH3 is 3. The van der Waals surface area contributed by atoms with E-state index in [1.54, 1.807) is 18.2 Å². The number of thioether (sulfide) groups is 1. The fourth-order valence-electron chi connectivity index (χ4n) is 2.22. The molecule has 1 heterocycles. The van der Waals surface area contributed by atoms with Gasteiger partial charge in [-0.1, -0.05) is 11.8 Å². The van der Waals surface area contributed by atoms with Gasteiger partial charge in [-0.05, 0) is 30.2 Å². The summed E-state index contributed by atoms with van der Waals surface area (Å²) in [6, 6.07) is 3.08. The normalized spacial score (nSPS) is 17.3. The van der Waals surface area contributed by atoms with Crippen LogP contribution in [0.5, 0.6) is 17.2 Å². The van der Waals surface area contributed by atoms with E-state index in [4.69, 9.17) is 14.2 Å². The highest BCUT2D eigenvalue weighted by Crippen LogP contribution is 2.38. The number of nitrogens with one attached hydrogen (secondary N) is 1. The van der Waals surface area contributed by atoms with Gasteiger partial charge in [0.05, 0.1) is 27.4 Å². The van der Waals surface area contributed by atoms with Gasteiger partial charge in [-0.25, -0.2) is 0 Å². The summed E-state index contributed by atoms with van der Waals surface area (Å²) in [5, 5.41) is 2.71. The molecule has 23 heavy (non-hydrogen) atoms. The number of ether oxygens (including phenoxy) is 3. The van der Waals surface area contributed by atoms with Crippen LogP contribution in [-0.2, 0) is 9.59 Å². The van der Waals surface area contributed by atoms with Crippen molar-refractivity contribution in [3.63, 3.8) is 0 Å². The van der Waals surface area contributed by atoms with Crippen molar-refractivity contribution in [1.29, 1.82) is 0 Å². The Morgan fingerprint density at radius 3 is 2.35 bits per heavy atom. The van der Waals surface area contributed by atoms with Crippen LogP contribution in [0.2, 0.25) is 0 Å². The first-order valence-corrected chi connectivity index (χ1v) is 8.02. The molecule has 1 N–H and O–H groups in total. The molecule has 1 aliphatic rings. The molecule has 1 aromatic rings. The Hall–Kier alpha value is -2.15. The molecule has 0 aromatic heterocycles. The molecule has 1 atom stereocenters. The fourth-order valence-corrected chi connectivity index (χ4v) is 3.15. The first-order valence-electron chi connectivity index (χ1n) is 7.04. The summed E-state index contributed by atoms with van der Waals surface area (Å²) in [6.45, 7) is 0. The molecule has 6 nitrogen and oxygen atoms in total. The number of hydrogen-bond donors (Lipinski definition) is 1. The van der Waals surface area contributed by atoms with Crippen LogP contribution in [0, 0.1) is 0 Å². The Labute approximate surface area is 139 Å². The molecule has 1 amide bonds. The monoisotopic (exact) mass is 337 g/mol. The molecule has 0 bridgehead atoms. The molecule has 1 unspecified atom stereocenters. The number of hydrogen-bond acceptors (Lipinski definition) is 6. The van der Waals surface area contributed by atoms with Crippen LogP contribution in [0.25, 0.3) is 6.08 Å². The second kappa shape index (κ2) is 7.92. The van der Waals surface area contributed by atoms with Gasteiger partial charge < -0.3 is 19.5 Å². The molecule has 1 fully saturated rings. The summed E-state index contributed by atoms with van der Waals surface area (Å²) in [5.41, 5.74) is 0.724. The van der Waals surface area contributed by atoms with Crippen LogP contribution in [0.4, 0.5) is 0 Å². The summed E-state index contributed by atoms with van der Waals surface area (Å²) in [6.07, 6.45) is 3.69. The van der Waals surface area contributed by atoms with E-state index >= 15 is 0 Å². The Morgan fingerprint density at radius 2 is 1.87 bits per heavy atom. The van der Waals surface area contributed by atoms with Crippen molar-refractivity contribution in [2.45, 2.75) is 12.5 Å². The third kappa shape index (κ3) is 4.19. The predicted molar refractivity (Wildman–Crippen MR) is 89.1 cm³/mol. The first kappa shape index (κ1) is 17.2. The zero-order valence-electron chi connectivity index (χ0n) is 13.3. The summed E-state index contributed by atoms with van der Waals surface area (Å²) in [4.78, 5) is 23.4. The van der Waals surface area contributed by atoms with E-state index in [1.807, 2.05) is 0 Å². The lowest BCUT2D eigenvalue weighted by molar-refractivity contribution is -0.120. The summed E-state index contributed by atoms with van der Waals surface area (Å²) < 4.78 is 15.8. The molecule has 0 saturated carbocycles. The van der Waals surface area contributed by atoms with E-state index in [0.717, 1.165) is 11.3 Å². The quantitative estimate of drug-likeness (QED) is 0.799. The molecular weight excluding hydrogens is 318 g/mol. The van der Waals surface area contributed by atoms with Crippen molar-refractivity contribution < 1.29 is 23.8 Å². The minimum Gasteiger partial charge on any atom is -0.493 e. The number of amides is 1. The fraction of sp³-hybridized carbons (Fsp3) is 0.375. The number of carbonyl (C=O) groups excluding carboxylic acids is 2. The van der Waals surface area contributed by atoms with Gasteiger partial charge in [0.1, 0.15) is 0 Å². The molecule has 7 heteroatoms. The first-order chi connectivity index (χ1) is 11.1. The molecule has 0 radical (unpaired) electrons. The van der Waals surface area contributed by atoms with Gasteiger partial charge in [-0.2, -0.15) is 0 Å². The lowest BCUT2D eigenvalue weighted by atomic mass is 10.1. The molecule has 1 aromatic carbocycles. The maximum atomic E-state index is 11.9. The molecule has 0 spiro atoms. The molecule has 1 saturated heterocycles. The van der Waals surface area contributed by atoms with E-state index in [9.17, 15) is 9.59 Å². The third-order valence-electron chi connectivity index (χ3n) is 3.37. The number of benzene rings is 1. The second-order valence-corrected chi connectivity index (χ2v) is 5.91. The van der Waals surface area contributed by atoms with Crippen LogP contribution < -0.4 is 19.5 Å². The van der Waals surface area contributed by atoms with Crippen molar-refractivity contribution in [1.82, 2.24) is 5.32 Å². The van der Waals surface area contributed by atoms with Gasteiger partial charge in [0, 0.05) is 11.8 Å². The van der Waals surface area contributed by atoms with Crippen molar-refractivity contribution in [3.05, 3.63) is 23.8 Å². The SMILES string of the molecule is COc1cc(C=CC(=O)NC2CCSC2=O)cc(OC)c1OC. The highest BCUT2D eigenvalue weighted by Gasteiger charge is 2.25. The van der Waals surface area contributed by atoms with Crippen LogP contribution >= 0.6 is 11.8 Å². The standard InChI is InChI=1S/C16H19NO5S/c1-20-12-8-10(9-13(21-2)15(12)22-3)4-5-14(18)17-11-6-7-23-16(11)19/h4-5,8-9,11H,6-7H2,1-3H3,(H,17,18). The van der Waals surface area contributed by atoms with Crippen LogP contribution in [0.3, 0.4) is 0 Å². The van der Waals surface area contributed by atoms with E-state index < -0.39 is 6.04 Å². The highest BCUT2D eigenvalue weighted by molar-refractivity contribution is 8.14. The molecule has 0 aliphatic carbocycles. The van der Waals surface area contributed by atoms with Crippen LogP contribution in [0.1, 0.15) is 12.0 Å². The Kier molecular flexibility index (Phi) is 5.92. The van der Waals surface area contributed by atoms with Crippen molar-refractivity contribution >= 4 is 28.9 Å². The second-order valence-electron chi connectivity index (χ2n) is 4.81. The van der Waals surface area contributed by atoms with Crippen LogP contribution in [-0.4, -0.2) is 44.1 Å². The summed E-state index contributed by atoms with van der Waals surface area (Å²) in [5.74, 6) is 1.95. The largest absolute Gasteiger partial charge is 0.493 e. The summed E-state index contributed by atoms with van der Waals surface area (Å²) in [7, 11) is 4.59. The average molecular weight is 337 g/mol. The zero-order chi connectivity index (χ0) is 16.8. The van der Waals surface area contributed by atoms with Gasteiger partial charge in [0.25, 0.3) is 0 Å². The average Bonchev–Trinajstić information content (AvgIpc) is 2.96. The molecular formula is C16H19NO5S. The maximum absolute atomic E-state index is 11.9. The van der Waals surface area contributed by atoms with Crippen molar-refractivity contribution in [2.24, 2.45) is 0 Å². The number of rotatable bonds is 6. The lowest BCUT2D eigenvalue weighted by Gasteiger charge is -2.13. The van der Waals surface area contributed by atoms with Gasteiger partial charge in [-0.3, -0.25) is 9.59 Å². The van der Waals surface area contributed by atoms with E-state index in [-0.39, 0.29) is 11.0 Å². The lowest BCUT2D eigenvalue weighted by Crippen LogP contribution is -2.35. The Morgan fingerprint density at radius 1 is 1.22 bits per heavy atom. The smallest absolute Gasteiger partial charge is 0.244 e. The minimum absolute atomic E-state index is 0.0135. The van der Waals surface area contributed by atoms with E-state index in [1.165, 1.54) is 39.2 Å². The number of carbonyl (C=O) groups is 2. The van der Waals surface area contributed by atoms with Crippen molar-refractivity contribution in [3.8, 4) is 17.2 Å². The highest BCUT2D eigenvalue weighted by atomic mass is 32.2. The summed E-state index contributed by atoms with van der Waals surface area (Å²) >= 11 is 1.25. The Balaban J connectivity index is 2.12. The molecule has 1 aliphatic heterocycles. The third-order valence-corrected chi connectivity index (χ3v) is 4.37. The maximum Gasteiger partial charge on any atom is 0.244 e. The Bertz CT molecular complexity index is 604. The van der Waals surface area contributed by atoms with Crippen molar-refractivity contribution in [2.75, 3.05) is 27.1 Å². The van der Waals surface area contributed by atoms with E-state index in [0.29, 0.717) is 23.7 Å².